The molecule has 1 N–H and O–H groups in total. The van der Waals surface area contributed by atoms with E-state index in [1.807, 2.05) is 27.7 Å². The lowest BCUT2D eigenvalue weighted by molar-refractivity contribution is 0.00612. The van der Waals surface area contributed by atoms with Crippen LogP contribution in [0.3, 0.4) is 0 Å². The van der Waals surface area contributed by atoms with E-state index in [1.165, 1.54) is 0 Å². The summed E-state index contributed by atoms with van der Waals surface area (Å²) in [5.41, 5.74) is 0.278. The van der Waals surface area contributed by atoms with Crippen LogP contribution in [0.5, 0.6) is 0 Å². The maximum absolute atomic E-state index is 11.8. The van der Waals surface area contributed by atoms with Gasteiger partial charge in [-0.1, -0.05) is 0 Å². The Balaban J connectivity index is 2.64. The summed E-state index contributed by atoms with van der Waals surface area (Å²) in [5, 5.41) is 10.2. The predicted molar refractivity (Wildman–Crippen MR) is 61.7 cm³/mol. The van der Waals surface area contributed by atoms with E-state index in [2.05, 4.69) is 15.4 Å². The second-order valence-corrected chi connectivity index (χ2v) is 4.57. The van der Waals surface area contributed by atoms with Crippen molar-refractivity contribution in [3.8, 4) is 0 Å². The molecule has 17 heavy (non-hydrogen) atoms. The quantitative estimate of drug-likeness (QED) is 0.621. The van der Waals surface area contributed by atoms with Gasteiger partial charge in [-0.3, -0.25) is 0 Å². The molecule has 0 aliphatic rings. The molecule has 1 rings (SSSR count). The molecule has 0 aliphatic heterocycles. The van der Waals surface area contributed by atoms with E-state index in [1.54, 1.807) is 0 Å². The van der Waals surface area contributed by atoms with Crippen molar-refractivity contribution in [2.24, 2.45) is 0 Å². The van der Waals surface area contributed by atoms with Crippen LogP contribution in [0, 0.1) is 0 Å². The van der Waals surface area contributed by atoms with Crippen LogP contribution in [0.1, 0.15) is 43.9 Å². The van der Waals surface area contributed by atoms with Gasteiger partial charge in [0.2, 0.25) is 0 Å². The van der Waals surface area contributed by atoms with Crippen molar-refractivity contribution in [1.29, 1.82) is 0 Å². The molecule has 1 aromatic rings. The van der Waals surface area contributed by atoms with Crippen molar-refractivity contribution in [3.63, 3.8) is 0 Å². The molecule has 0 unspecified atom stereocenters. The molecule has 0 aromatic carbocycles. The van der Waals surface area contributed by atoms with Gasteiger partial charge in [0, 0.05) is 13.0 Å². The zero-order valence-corrected chi connectivity index (χ0v) is 10.7. The third-order valence-electron chi connectivity index (χ3n) is 1.90. The number of nitrogens with zero attached hydrogens (tertiary/aromatic N) is 2. The van der Waals surface area contributed by atoms with Gasteiger partial charge >= 0.3 is 5.97 Å². The molecule has 0 bridgehead atoms. The molecule has 0 fully saturated rings. The van der Waals surface area contributed by atoms with Crippen LogP contribution in [0.4, 0.5) is 0 Å². The Bertz CT molecular complexity index is 368. The van der Waals surface area contributed by atoms with Crippen molar-refractivity contribution >= 4 is 5.97 Å². The van der Waals surface area contributed by atoms with Crippen molar-refractivity contribution in [3.05, 3.63) is 11.4 Å². The summed E-state index contributed by atoms with van der Waals surface area (Å²) in [6.07, 6.45) is 0.541. The fraction of sp³-hybridized carbons (Fsp3) is 0.727. The van der Waals surface area contributed by atoms with Crippen molar-refractivity contribution in [2.45, 2.75) is 39.7 Å². The van der Waals surface area contributed by atoms with Gasteiger partial charge in [-0.05, 0) is 27.7 Å². The average Bonchev–Trinajstić information content (AvgIpc) is 2.64. The lowest BCUT2D eigenvalue weighted by Crippen LogP contribution is -2.25. The van der Waals surface area contributed by atoms with Gasteiger partial charge in [0.05, 0.1) is 12.3 Å². The number of nitrogens with one attached hydrogen (secondary N) is 1. The van der Waals surface area contributed by atoms with Crippen LogP contribution in [0.25, 0.3) is 0 Å². The molecule has 0 amide bonds. The Kier molecular flexibility index (Phi) is 4.62. The summed E-state index contributed by atoms with van der Waals surface area (Å²) in [6, 6.07) is 0. The first-order chi connectivity index (χ1) is 7.94. The monoisotopic (exact) mass is 241 g/mol. The molecule has 0 saturated carbocycles. The minimum atomic E-state index is -0.535. The summed E-state index contributed by atoms with van der Waals surface area (Å²) in [4.78, 5) is 11.8. The predicted octanol–water partition coefficient (Wildman–Crippen LogP) is 1.34. The molecule has 6 nitrogen and oxygen atoms in total. The van der Waals surface area contributed by atoms with E-state index in [4.69, 9.17) is 9.47 Å². The van der Waals surface area contributed by atoms with Crippen LogP contribution in [0.15, 0.2) is 0 Å². The second kappa shape index (κ2) is 5.77. The standard InChI is InChI=1S/C11H19N3O3/c1-5-16-7-6-8-9(13-14-12-8)10(15)17-11(2,3)4/h5-7H2,1-4H3,(H,12,13,14). The molecular weight excluding hydrogens is 222 g/mol. The summed E-state index contributed by atoms with van der Waals surface area (Å²) >= 11 is 0. The number of carbonyl (C=O) groups is 1. The van der Waals surface area contributed by atoms with E-state index in [0.29, 0.717) is 25.3 Å². The third-order valence-corrected chi connectivity index (χ3v) is 1.90. The number of hydrogen-bond donors (Lipinski definition) is 1. The minimum Gasteiger partial charge on any atom is -0.455 e. The van der Waals surface area contributed by atoms with Gasteiger partial charge in [-0.25, -0.2) is 4.79 Å². The zero-order chi connectivity index (χ0) is 12.9. The number of H-pyrrole nitrogens is 1. The highest BCUT2D eigenvalue weighted by molar-refractivity contribution is 5.88. The maximum atomic E-state index is 11.8. The largest absolute Gasteiger partial charge is 0.455 e. The maximum Gasteiger partial charge on any atom is 0.361 e. The molecule has 6 heteroatoms. The Labute approximate surface area is 101 Å². The SMILES string of the molecule is CCOCCc1n[nH]nc1C(=O)OC(C)(C)C. The van der Waals surface area contributed by atoms with Crippen LogP contribution in [-0.2, 0) is 15.9 Å². The number of esters is 1. The highest BCUT2D eigenvalue weighted by Crippen LogP contribution is 2.12. The Morgan fingerprint density at radius 2 is 2.06 bits per heavy atom. The first-order valence-electron chi connectivity index (χ1n) is 5.64. The summed E-state index contributed by atoms with van der Waals surface area (Å²) < 4.78 is 10.4. The number of aromatic amines is 1. The van der Waals surface area contributed by atoms with Gasteiger partial charge in [0.25, 0.3) is 0 Å². The van der Waals surface area contributed by atoms with Gasteiger partial charge in [-0.2, -0.15) is 10.3 Å². The lowest BCUT2D eigenvalue weighted by atomic mass is 10.2. The van der Waals surface area contributed by atoms with E-state index in [9.17, 15) is 4.79 Å². The summed E-state index contributed by atoms with van der Waals surface area (Å²) in [7, 11) is 0. The Morgan fingerprint density at radius 3 is 2.65 bits per heavy atom. The topological polar surface area (TPSA) is 77.1 Å². The highest BCUT2D eigenvalue weighted by Gasteiger charge is 2.23. The van der Waals surface area contributed by atoms with Gasteiger partial charge in [0.15, 0.2) is 5.69 Å². The van der Waals surface area contributed by atoms with E-state index in [-0.39, 0.29) is 5.69 Å². The smallest absolute Gasteiger partial charge is 0.361 e. The normalized spacial score (nSPS) is 11.5. The van der Waals surface area contributed by atoms with Crippen LogP contribution in [-0.4, -0.2) is 40.2 Å². The third kappa shape index (κ3) is 4.52. The van der Waals surface area contributed by atoms with Gasteiger partial charge in [0.1, 0.15) is 5.60 Å². The number of aromatic nitrogens is 3. The molecule has 0 atom stereocenters. The van der Waals surface area contributed by atoms with Crippen molar-refractivity contribution in [1.82, 2.24) is 15.4 Å². The van der Waals surface area contributed by atoms with E-state index in [0.717, 1.165) is 0 Å². The fourth-order valence-electron chi connectivity index (χ4n) is 1.23. The number of rotatable bonds is 5. The van der Waals surface area contributed by atoms with Crippen LogP contribution in [0.2, 0.25) is 0 Å². The van der Waals surface area contributed by atoms with E-state index < -0.39 is 11.6 Å². The number of hydrogen-bond acceptors (Lipinski definition) is 5. The first-order valence-corrected chi connectivity index (χ1v) is 5.64. The van der Waals surface area contributed by atoms with Crippen LogP contribution < -0.4 is 0 Å². The Hall–Kier alpha value is -1.43. The molecule has 0 spiro atoms. The zero-order valence-electron chi connectivity index (χ0n) is 10.7. The summed E-state index contributed by atoms with van der Waals surface area (Å²) in [5.74, 6) is -0.460. The molecule has 0 radical (unpaired) electrons. The van der Waals surface area contributed by atoms with Crippen LogP contribution >= 0.6 is 0 Å². The molecular formula is C11H19N3O3. The highest BCUT2D eigenvalue weighted by atomic mass is 16.6. The molecule has 0 saturated heterocycles. The van der Waals surface area contributed by atoms with Gasteiger partial charge in [-0.15, -0.1) is 5.10 Å². The fourth-order valence-corrected chi connectivity index (χ4v) is 1.23. The molecule has 0 aliphatic carbocycles. The van der Waals surface area contributed by atoms with Crippen molar-refractivity contribution in [2.75, 3.05) is 13.2 Å². The number of carbonyl (C=O) groups excluding carboxylic acids is 1. The second-order valence-electron chi connectivity index (χ2n) is 4.57. The average molecular weight is 241 g/mol. The molecule has 1 heterocycles. The molecule has 96 valence electrons. The lowest BCUT2D eigenvalue weighted by Gasteiger charge is -2.18. The number of ether oxygens (including phenoxy) is 2. The first kappa shape index (κ1) is 13.6. The minimum absolute atomic E-state index is 0.236. The molecule has 1 aromatic heterocycles. The van der Waals surface area contributed by atoms with Gasteiger partial charge < -0.3 is 9.47 Å². The summed E-state index contributed by atoms with van der Waals surface area (Å²) in [6.45, 7) is 8.50. The Morgan fingerprint density at radius 1 is 1.35 bits per heavy atom. The van der Waals surface area contributed by atoms with Crippen molar-refractivity contribution < 1.29 is 14.3 Å². The van der Waals surface area contributed by atoms with E-state index >= 15 is 0 Å².